The molecule has 3 N–H and O–H groups in total. The van der Waals surface area contributed by atoms with Gasteiger partial charge in [-0.1, -0.05) is 44.0 Å². The number of allylic oxidation sites excluding steroid dienone is 1. The number of nitrogens with zero attached hydrogens (tertiary/aromatic N) is 4. The zero-order valence-electron chi connectivity index (χ0n) is 32.1. The smallest absolute Gasteiger partial charge is 0.408 e. The number of methoxy groups -OCH3 is 1. The van der Waals surface area contributed by atoms with Crippen molar-refractivity contribution in [2.24, 2.45) is 17.8 Å². The van der Waals surface area contributed by atoms with Crippen LogP contribution in [0.2, 0.25) is 5.15 Å². The number of carbonyl (C=O) groups is 4. The average molecular weight is 803 g/mol. The van der Waals surface area contributed by atoms with Crippen LogP contribution >= 0.6 is 11.6 Å². The molecule has 0 bridgehead atoms. The van der Waals surface area contributed by atoms with Gasteiger partial charge in [-0.05, 0) is 83.3 Å². The highest BCUT2D eigenvalue weighted by molar-refractivity contribution is 7.91. The van der Waals surface area contributed by atoms with Crippen LogP contribution in [-0.2, 0) is 24.4 Å². The van der Waals surface area contributed by atoms with Crippen molar-refractivity contribution in [2.75, 3.05) is 13.7 Å². The summed E-state index contributed by atoms with van der Waals surface area (Å²) in [5.41, 5.74) is -1.63. The van der Waals surface area contributed by atoms with E-state index in [2.05, 4.69) is 26.9 Å². The molecule has 4 amide bonds. The summed E-state index contributed by atoms with van der Waals surface area (Å²) >= 11 is 6.54. The second-order valence-electron chi connectivity index (χ2n) is 16.4. The Balaban J connectivity index is 1.40. The summed E-state index contributed by atoms with van der Waals surface area (Å²) in [5.74, 6) is -2.37. The Kier molecular flexibility index (Phi) is 11.3. The highest BCUT2D eigenvalue weighted by Gasteiger charge is 2.62. The average Bonchev–Trinajstić information content (AvgIpc) is 4.04. The summed E-state index contributed by atoms with van der Waals surface area (Å²) in [6, 6.07) is 2.69. The third-order valence-corrected chi connectivity index (χ3v) is 13.3. The molecule has 1 aromatic carbocycles. The molecule has 4 aliphatic rings. The summed E-state index contributed by atoms with van der Waals surface area (Å²) in [4.78, 5) is 68.0. The Morgan fingerprint density at radius 2 is 1.87 bits per heavy atom. The molecule has 2 aliphatic carbocycles. The zero-order valence-corrected chi connectivity index (χ0v) is 33.7. The van der Waals surface area contributed by atoms with Gasteiger partial charge in [-0.25, -0.2) is 23.2 Å². The first-order valence-electron chi connectivity index (χ1n) is 18.9. The van der Waals surface area contributed by atoms with Gasteiger partial charge >= 0.3 is 6.09 Å². The quantitative estimate of drug-likeness (QED) is 0.314. The van der Waals surface area contributed by atoms with Crippen molar-refractivity contribution in [1.29, 1.82) is 0 Å². The predicted octanol–water partition coefficient (Wildman–Crippen LogP) is 4.67. The van der Waals surface area contributed by atoms with Gasteiger partial charge in [0.05, 0.1) is 29.9 Å². The first-order chi connectivity index (χ1) is 25.9. The molecule has 7 atom stereocenters. The first kappa shape index (κ1) is 40.5. The summed E-state index contributed by atoms with van der Waals surface area (Å²) in [6.45, 7) is 9.04. The lowest BCUT2D eigenvalue weighted by molar-refractivity contribution is -0.146. The fourth-order valence-corrected chi connectivity index (χ4v) is 9.55. The Labute approximate surface area is 326 Å². The molecule has 0 unspecified atom stereocenters. The fraction of sp³-hybridized carbons (Fsp3) is 0.632. The van der Waals surface area contributed by atoms with Gasteiger partial charge in [-0.2, -0.15) is 0 Å². The van der Waals surface area contributed by atoms with Crippen molar-refractivity contribution >= 4 is 56.5 Å². The molecule has 0 spiro atoms. The maximum atomic E-state index is 15.1. The van der Waals surface area contributed by atoms with E-state index in [4.69, 9.17) is 21.1 Å². The summed E-state index contributed by atoms with van der Waals surface area (Å²) < 4.78 is 39.6. The molecule has 0 radical (unpaired) electrons. The molecule has 3 fully saturated rings. The van der Waals surface area contributed by atoms with E-state index in [0.717, 1.165) is 6.42 Å². The van der Waals surface area contributed by atoms with Crippen LogP contribution in [0.25, 0.3) is 11.0 Å². The third-order valence-electron chi connectivity index (χ3n) is 11.2. The van der Waals surface area contributed by atoms with Crippen molar-refractivity contribution in [3.63, 3.8) is 0 Å². The van der Waals surface area contributed by atoms with E-state index in [9.17, 15) is 27.9 Å². The van der Waals surface area contributed by atoms with Gasteiger partial charge in [-0.15, -0.1) is 0 Å². The number of carboxylic acid groups (broad SMARTS) is 1. The molecule has 2 aromatic rings. The van der Waals surface area contributed by atoms with E-state index in [1.54, 1.807) is 39.0 Å². The van der Waals surface area contributed by atoms with Gasteiger partial charge in [0.25, 0.3) is 11.8 Å². The monoisotopic (exact) mass is 802 g/mol. The van der Waals surface area contributed by atoms with Gasteiger partial charge < -0.3 is 24.8 Å². The molecule has 17 heteroatoms. The van der Waals surface area contributed by atoms with E-state index in [-0.39, 0.29) is 36.3 Å². The number of ether oxygens (including phenoxy) is 2. The number of benzene rings is 1. The largest absolute Gasteiger partial charge is 0.497 e. The lowest BCUT2D eigenvalue weighted by Gasteiger charge is -2.44. The van der Waals surface area contributed by atoms with Gasteiger partial charge in [0.15, 0.2) is 5.15 Å². The molecule has 2 saturated carbocycles. The predicted molar refractivity (Wildman–Crippen MR) is 204 cm³/mol. The van der Waals surface area contributed by atoms with E-state index < -0.39 is 80.2 Å². The second kappa shape index (κ2) is 15.4. The van der Waals surface area contributed by atoms with Crippen LogP contribution in [0.4, 0.5) is 4.79 Å². The number of halogens is 1. The standard InChI is InChI=1S/C38H51ClN6O9S/c1-7-22-16-21(2)10-8-9-11-23-19-38(23,35(48)43-55(51,52)26-13-14-26)42-32(46)29-18-25(20-44(29)34(47)30(22)45(36(49)50)37(3,4)5)54-33-31(39)40-27-15-12-24(53-6)17-28(27)41-33/h9,11-12,15,17,21-23,25-26,29-30H,7-8,10,13-14,16,18-20H2,1-6H3,(H,42,46)(H,43,48)(H,49,50)/t21-,22-,23-,25-,29+,30+,38-/m1/s1. The topological polar surface area (TPSA) is 197 Å². The molecule has 3 heterocycles. The molecule has 55 heavy (non-hydrogen) atoms. The Morgan fingerprint density at radius 1 is 1.15 bits per heavy atom. The van der Waals surface area contributed by atoms with Crippen LogP contribution in [0.1, 0.15) is 86.0 Å². The number of hydrogen-bond acceptors (Lipinski definition) is 10. The van der Waals surface area contributed by atoms with E-state index in [0.29, 0.717) is 48.9 Å². The molecule has 1 saturated heterocycles. The minimum atomic E-state index is -3.93. The van der Waals surface area contributed by atoms with Gasteiger partial charge in [0.1, 0.15) is 29.5 Å². The summed E-state index contributed by atoms with van der Waals surface area (Å²) in [6.07, 6.45) is 5.08. The van der Waals surface area contributed by atoms with Crippen molar-refractivity contribution < 1.29 is 42.2 Å². The third kappa shape index (κ3) is 8.49. The lowest BCUT2D eigenvalue weighted by atomic mass is 9.82. The van der Waals surface area contributed by atoms with Crippen LogP contribution in [0.3, 0.4) is 0 Å². The van der Waals surface area contributed by atoms with Crippen LogP contribution in [0.15, 0.2) is 30.4 Å². The minimum Gasteiger partial charge on any atom is -0.497 e. The van der Waals surface area contributed by atoms with Crippen molar-refractivity contribution in [3.8, 4) is 11.6 Å². The Bertz CT molecular complexity index is 1990. The van der Waals surface area contributed by atoms with Crippen LogP contribution in [0.5, 0.6) is 11.6 Å². The highest BCUT2D eigenvalue weighted by atomic mass is 35.5. The maximum absolute atomic E-state index is 15.1. The van der Waals surface area contributed by atoms with Gasteiger partial charge in [0, 0.05) is 23.9 Å². The number of amides is 4. The van der Waals surface area contributed by atoms with Crippen LogP contribution in [-0.4, -0.2) is 105 Å². The number of nitrogens with one attached hydrogen (secondary N) is 2. The summed E-state index contributed by atoms with van der Waals surface area (Å²) in [7, 11) is -2.41. The van der Waals surface area contributed by atoms with E-state index >= 15 is 4.79 Å². The molecular formula is C38H51ClN6O9S. The molecule has 300 valence electrons. The van der Waals surface area contributed by atoms with Crippen LogP contribution in [0, 0.1) is 17.8 Å². The van der Waals surface area contributed by atoms with Crippen LogP contribution < -0.4 is 19.5 Å². The molecular weight excluding hydrogens is 752 g/mol. The zero-order chi connectivity index (χ0) is 40.0. The van der Waals surface area contributed by atoms with Gasteiger partial charge in [-0.3, -0.25) is 24.0 Å². The number of sulfonamides is 1. The van der Waals surface area contributed by atoms with Crippen molar-refractivity contribution in [3.05, 3.63) is 35.5 Å². The SMILES string of the molecule is CC[C@@H]1C[C@H](C)CCC=C[C@@H]2C[C@@]2(C(=O)NS(=O)(=O)C2CC2)NC(=O)[C@@H]2C[C@@H](Oc3nc4cc(OC)ccc4nc3Cl)CN2C(=O)[C@H]1N(C(=O)O)C(C)(C)C. The molecule has 1 aromatic heterocycles. The van der Waals surface area contributed by atoms with Gasteiger partial charge in [0.2, 0.25) is 21.8 Å². The number of aromatic nitrogens is 2. The van der Waals surface area contributed by atoms with Crippen molar-refractivity contribution in [1.82, 2.24) is 29.8 Å². The number of rotatable bonds is 8. The Hall–Kier alpha value is -4.18. The molecule has 6 rings (SSSR count). The Morgan fingerprint density at radius 3 is 2.51 bits per heavy atom. The first-order valence-corrected chi connectivity index (χ1v) is 20.9. The fourth-order valence-electron chi connectivity index (χ4n) is 8.01. The van der Waals surface area contributed by atoms with E-state index in [1.165, 1.54) is 16.9 Å². The minimum absolute atomic E-state index is 0.0322. The van der Waals surface area contributed by atoms with E-state index in [1.807, 2.05) is 19.1 Å². The summed E-state index contributed by atoms with van der Waals surface area (Å²) in [5, 5.41) is 12.8. The lowest BCUT2D eigenvalue weighted by Crippen LogP contribution is -2.62. The normalized spacial score (nSPS) is 29.0. The number of fused-ring (bicyclic) bond motifs is 3. The number of hydrogen-bond donors (Lipinski definition) is 3. The second-order valence-corrected chi connectivity index (χ2v) is 18.7. The van der Waals surface area contributed by atoms with Crippen molar-refractivity contribution in [2.45, 2.75) is 121 Å². The number of carbonyl (C=O) groups excluding carboxylic acids is 3. The molecule has 15 nitrogen and oxygen atoms in total. The molecule has 2 aliphatic heterocycles. The maximum Gasteiger partial charge on any atom is 0.408 e. The highest BCUT2D eigenvalue weighted by Crippen LogP contribution is 2.46.